The van der Waals surface area contributed by atoms with E-state index >= 15 is 0 Å². The van der Waals surface area contributed by atoms with E-state index in [-0.39, 0.29) is 30.1 Å². The Balaban J connectivity index is 1.78. The van der Waals surface area contributed by atoms with Gasteiger partial charge >= 0.3 is 338 Å². The van der Waals surface area contributed by atoms with Gasteiger partial charge in [0.15, 0.2) is 0 Å². The summed E-state index contributed by atoms with van der Waals surface area (Å²) >= 11 is -5.16. The molecule has 2 bridgehead atoms. The third-order valence-electron chi connectivity index (χ3n) is 13.7. The van der Waals surface area contributed by atoms with Gasteiger partial charge in [-0.05, 0) is 0 Å². The zero-order chi connectivity index (χ0) is 38.3. The molecule has 4 rings (SSSR count). The number of rotatable bonds is 25. The number of benzene rings is 2. The topological polar surface area (TPSA) is 38.8 Å². The molecule has 0 saturated carbocycles. The second-order valence-electron chi connectivity index (χ2n) is 17.2. The molecule has 4 atom stereocenters. The molecule has 2 heterocycles. The van der Waals surface area contributed by atoms with Crippen molar-refractivity contribution < 1.29 is 14.3 Å². The van der Waals surface area contributed by atoms with E-state index in [2.05, 4.69) is 102 Å². The number of hydrogen-bond acceptors (Lipinski definition) is 4. The van der Waals surface area contributed by atoms with E-state index in [4.69, 9.17) is 9.47 Å². The van der Waals surface area contributed by atoms with Gasteiger partial charge in [-0.3, -0.25) is 0 Å². The summed E-state index contributed by atoms with van der Waals surface area (Å²) in [5.74, 6) is -0.369. The molecule has 2 aromatic carbocycles. The van der Waals surface area contributed by atoms with Gasteiger partial charge in [0.2, 0.25) is 0 Å². The van der Waals surface area contributed by atoms with Crippen molar-refractivity contribution in [1.82, 2.24) is 4.90 Å². The van der Waals surface area contributed by atoms with Gasteiger partial charge in [-0.2, -0.15) is 0 Å². The number of esters is 1. The van der Waals surface area contributed by atoms with Crippen molar-refractivity contribution in [3.63, 3.8) is 0 Å². The predicted octanol–water partition coefficient (Wildman–Crippen LogP) is 11.9. The van der Waals surface area contributed by atoms with E-state index in [9.17, 15) is 4.79 Å². The number of carbonyl (C=O) groups is 1. The molecule has 298 valence electrons. The number of nitrogens with zero attached hydrogens (tertiary/aromatic N) is 1. The van der Waals surface area contributed by atoms with Crippen LogP contribution in [0.5, 0.6) is 0 Å². The van der Waals surface area contributed by atoms with Crippen molar-refractivity contribution in [3.8, 4) is 0 Å². The van der Waals surface area contributed by atoms with E-state index in [0.717, 1.165) is 19.3 Å². The minimum absolute atomic E-state index is 0.111. The van der Waals surface area contributed by atoms with Gasteiger partial charge in [0, 0.05) is 0 Å². The van der Waals surface area contributed by atoms with Gasteiger partial charge < -0.3 is 0 Å². The Morgan fingerprint density at radius 3 is 1.36 bits per heavy atom. The molecule has 0 amide bonds. The number of unbranched alkanes of at least 4 members (excludes halogenated alkanes) is 6. The molecule has 0 spiro atoms. The summed E-state index contributed by atoms with van der Waals surface area (Å²) in [7, 11) is 3.75. The van der Waals surface area contributed by atoms with Gasteiger partial charge in [-0.1, -0.05) is 0 Å². The van der Waals surface area contributed by atoms with Gasteiger partial charge in [-0.25, -0.2) is 0 Å². The molecular formula is C47H79NO3Sn2. The zero-order valence-corrected chi connectivity index (χ0v) is 41.2. The summed E-state index contributed by atoms with van der Waals surface area (Å²) in [6.07, 6.45) is 18.7. The molecule has 6 heteroatoms. The van der Waals surface area contributed by atoms with Crippen LogP contribution >= 0.6 is 0 Å². The van der Waals surface area contributed by atoms with Crippen molar-refractivity contribution >= 4 is 49.9 Å². The van der Waals surface area contributed by atoms with Crippen LogP contribution in [0.3, 0.4) is 0 Å². The van der Waals surface area contributed by atoms with Crippen molar-refractivity contribution in [3.05, 3.63) is 59.7 Å². The fourth-order valence-corrected chi connectivity index (χ4v) is 42.1. The maximum atomic E-state index is 13.5. The fourth-order valence-electron chi connectivity index (χ4n) is 10.3. The molecule has 2 saturated heterocycles. The molecule has 2 aromatic rings. The van der Waals surface area contributed by atoms with Gasteiger partial charge in [-0.15, -0.1) is 0 Å². The molecule has 2 aliphatic heterocycles. The predicted molar refractivity (Wildman–Crippen MR) is 233 cm³/mol. The molecular weight excluding hydrogens is 864 g/mol. The Bertz CT molecular complexity index is 1210. The third-order valence-corrected chi connectivity index (χ3v) is 45.0. The van der Waals surface area contributed by atoms with E-state index in [1.165, 1.54) is 115 Å². The van der Waals surface area contributed by atoms with Crippen LogP contribution in [-0.4, -0.2) is 80.0 Å². The average molecular weight is 944 g/mol. The number of hydrogen-bond donors (Lipinski definition) is 0. The summed E-state index contributed by atoms with van der Waals surface area (Å²) in [6, 6.07) is 20.6. The van der Waals surface area contributed by atoms with E-state index in [1.54, 1.807) is 14.3 Å². The summed E-state index contributed by atoms with van der Waals surface area (Å²) in [6.45, 7) is 14.2. The first-order valence-electron chi connectivity index (χ1n) is 22.4. The van der Waals surface area contributed by atoms with Gasteiger partial charge in [0.25, 0.3) is 0 Å². The first-order valence-corrected chi connectivity index (χ1v) is 37.4. The third kappa shape index (κ3) is 11.5. The number of methoxy groups -OCH3 is 1. The molecule has 2 fully saturated rings. The minimum atomic E-state index is -2.58. The first-order chi connectivity index (χ1) is 25.8. The van der Waals surface area contributed by atoms with E-state index in [1.807, 2.05) is 0 Å². The SMILES string of the molecule is CCC[CH2][Sn]([CH2]CCC)([CH2]CCC)[c]1ccc(C(O[C@H]2C[C@H]3CC[C@@H]([C@H]2C(=O)OC)N3C)c2cc[c]([Sn]([CH2]CCC)([CH2]CCC)[CH2]CCC)cc2)cc1. The number of carbonyl (C=O) groups excluding carboxylic acids is 1. The standard InChI is InChI=1S/C23H25NO3.6C4H9.2Sn/c1-24-18-13-14-19(24)21(23(25)26-2)20(15-18)27-22(16-9-5-3-6-10-16)17-11-7-4-8-12-17;6*1-3-4-2;;/h5-12,18-22H,13-15H2,1-2H3;6*1,3-4H2,2H3;;/t18-,19+,20+,21-;;;;;;;;/m1......../s1. The summed E-state index contributed by atoms with van der Waals surface area (Å²) in [4.78, 5) is 15.9. The van der Waals surface area contributed by atoms with Gasteiger partial charge in [0.05, 0.1) is 0 Å². The van der Waals surface area contributed by atoms with Crippen molar-refractivity contribution in [2.75, 3.05) is 14.2 Å². The Morgan fingerprint density at radius 2 is 1.02 bits per heavy atom. The number of piperidine rings is 1. The molecule has 0 unspecified atom stereocenters. The second-order valence-corrected chi connectivity index (χ2v) is 43.7. The van der Waals surface area contributed by atoms with E-state index in [0.29, 0.717) is 6.04 Å². The molecule has 0 aromatic heterocycles. The zero-order valence-electron chi connectivity index (χ0n) is 35.5. The number of ether oxygens (including phenoxy) is 2. The Morgan fingerprint density at radius 1 is 0.642 bits per heavy atom. The van der Waals surface area contributed by atoms with Crippen LogP contribution < -0.4 is 7.16 Å². The molecule has 0 N–H and O–H groups in total. The van der Waals surface area contributed by atoms with Crippen molar-refractivity contribution in [2.24, 2.45) is 5.92 Å². The maximum absolute atomic E-state index is 13.5. The summed E-state index contributed by atoms with van der Waals surface area (Å²) in [5.41, 5.74) is 2.49. The Labute approximate surface area is 335 Å². The molecule has 2 aliphatic rings. The van der Waals surface area contributed by atoms with Crippen LogP contribution in [0.25, 0.3) is 0 Å². The molecule has 53 heavy (non-hydrogen) atoms. The van der Waals surface area contributed by atoms with Crippen LogP contribution in [0, 0.1) is 5.92 Å². The van der Waals surface area contributed by atoms with E-state index < -0.39 is 36.8 Å². The van der Waals surface area contributed by atoms with Crippen molar-refractivity contribution in [1.29, 1.82) is 0 Å². The van der Waals surface area contributed by atoms with Crippen molar-refractivity contribution in [2.45, 2.75) is 189 Å². The first kappa shape index (κ1) is 45.1. The second kappa shape index (κ2) is 23.0. The normalized spacial score (nSPS) is 20.7. The van der Waals surface area contributed by atoms with Crippen LogP contribution in [0.2, 0.25) is 26.6 Å². The number of fused-ring (bicyclic) bond motifs is 2. The van der Waals surface area contributed by atoms with Crippen LogP contribution in [0.4, 0.5) is 0 Å². The van der Waals surface area contributed by atoms with Crippen LogP contribution in [0.1, 0.15) is 155 Å². The summed E-state index contributed by atoms with van der Waals surface area (Å²) in [5, 5.41) is 0. The van der Waals surface area contributed by atoms with Gasteiger partial charge in [0.1, 0.15) is 0 Å². The average Bonchev–Trinajstić information content (AvgIpc) is 3.42. The molecule has 4 nitrogen and oxygen atoms in total. The monoisotopic (exact) mass is 945 g/mol. The quantitative estimate of drug-likeness (QED) is 0.0734. The summed E-state index contributed by atoms with van der Waals surface area (Å²) < 4.78 is 25.2. The van der Waals surface area contributed by atoms with Crippen LogP contribution in [0.15, 0.2) is 48.5 Å². The molecule has 0 aliphatic carbocycles. The Hall–Kier alpha value is -0.573. The van der Waals surface area contributed by atoms with Crippen LogP contribution in [-0.2, 0) is 14.3 Å². The fraction of sp³-hybridized carbons (Fsp3) is 0.723. The molecule has 0 radical (unpaired) electrons. The Kier molecular flexibility index (Phi) is 19.6.